The van der Waals surface area contributed by atoms with E-state index in [1.54, 1.807) is 6.07 Å². The number of aliphatic hydroxyl groups is 1. The number of rotatable bonds is 4. The number of carbonyl (C=O) groups excluding carboxylic acids is 1. The Morgan fingerprint density at radius 3 is 2.76 bits per heavy atom. The molecule has 0 aliphatic heterocycles. The van der Waals surface area contributed by atoms with Crippen molar-refractivity contribution in [3.05, 3.63) is 31.8 Å². The van der Waals surface area contributed by atoms with Crippen molar-refractivity contribution in [3.8, 4) is 0 Å². The van der Waals surface area contributed by atoms with Crippen molar-refractivity contribution in [2.45, 2.75) is 19.9 Å². The second kappa shape index (κ2) is 6.70. The van der Waals surface area contributed by atoms with Crippen LogP contribution in [0.2, 0.25) is 0 Å². The van der Waals surface area contributed by atoms with Gasteiger partial charge in [-0.05, 0) is 53.6 Å². The molecule has 0 heterocycles. The first-order chi connectivity index (χ1) is 7.95. The minimum absolute atomic E-state index is 0.0452. The van der Waals surface area contributed by atoms with Crippen LogP contribution in [0.25, 0.3) is 0 Å². The fourth-order valence-corrected chi connectivity index (χ4v) is 2.20. The van der Waals surface area contributed by atoms with Crippen LogP contribution in [-0.2, 0) is 0 Å². The van der Waals surface area contributed by atoms with E-state index >= 15 is 0 Å². The van der Waals surface area contributed by atoms with Crippen LogP contribution in [0.1, 0.15) is 24.2 Å². The highest BCUT2D eigenvalue weighted by Gasteiger charge is 2.16. The average molecular weight is 412 g/mol. The zero-order valence-electron chi connectivity index (χ0n) is 9.71. The Hall–Kier alpha value is -0.140. The SMILES string of the molecule is CC(CO)C(C)NC(=O)c1cc(Br)ccc1I. The lowest BCUT2D eigenvalue weighted by Crippen LogP contribution is -2.38. The normalized spacial score (nSPS) is 14.2. The molecule has 0 saturated carbocycles. The number of hydrogen-bond donors (Lipinski definition) is 2. The molecule has 17 heavy (non-hydrogen) atoms. The van der Waals surface area contributed by atoms with E-state index in [0.717, 1.165) is 8.04 Å². The molecule has 0 aliphatic carbocycles. The molecule has 0 saturated heterocycles. The van der Waals surface area contributed by atoms with Crippen molar-refractivity contribution in [2.24, 2.45) is 5.92 Å². The van der Waals surface area contributed by atoms with Crippen molar-refractivity contribution in [1.29, 1.82) is 0 Å². The van der Waals surface area contributed by atoms with E-state index in [-0.39, 0.29) is 24.5 Å². The number of amides is 1. The number of carbonyl (C=O) groups is 1. The molecule has 0 aromatic heterocycles. The van der Waals surface area contributed by atoms with Gasteiger partial charge < -0.3 is 10.4 Å². The Labute approximate surface area is 123 Å². The van der Waals surface area contributed by atoms with Crippen molar-refractivity contribution >= 4 is 44.4 Å². The van der Waals surface area contributed by atoms with Gasteiger partial charge in [-0.25, -0.2) is 0 Å². The molecule has 3 nitrogen and oxygen atoms in total. The summed E-state index contributed by atoms with van der Waals surface area (Å²) in [6, 6.07) is 5.54. The van der Waals surface area contributed by atoms with Crippen molar-refractivity contribution in [2.75, 3.05) is 6.61 Å². The van der Waals surface area contributed by atoms with Crippen LogP contribution in [-0.4, -0.2) is 23.7 Å². The Balaban J connectivity index is 2.79. The zero-order chi connectivity index (χ0) is 13.0. The lowest BCUT2D eigenvalue weighted by Gasteiger charge is -2.19. The summed E-state index contributed by atoms with van der Waals surface area (Å²) in [5, 5.41) is 11.9. The summed E-state index contributed by atoms with van der Waals surface area (Å²) in [5.41, 5.74) is 0.650. The number of benzene rings is 1. The van der Waals surface area contributed by atoms with Crippen molar-refractivity contribution in [1.82, 2.24) is 5.32 Å². The van der Waals surface area contributed by atoms with Gasteiger partial charge in [0.25, 0.3) is 5.91 Å². The van der Waals surface area contributed by atoms with Crippen LogP contribution in [0.4, 0.5) is 0 Å². The summed E-state index contributed by atoms with van der Waals surface area (Å²) in [7, 11) is 0. The minimum atomic E-state index is -0.108. The maximum absolute atomic E-state index is 12.0. The lowest BCUT2D eigenvalue weighted by atomic mass is 10.0. The molecule has 2 atom stereocenters. The van der Waals surface area contributed by atoms with Crippen molar-refractivity contribution in [3.63, 3.8) is 0 Å². The molecule has 1 aromatic carbocycles. The first-order valence-corrected chi connectivity index (χ1v) is 7.19. The fourth-order valence-electron chi connectivity index (χ4n) is 1.26. The predicted molar refractivity (Wildman–Crippen MR) is 80.0 cm³/mol. The summed E-state index contributed by atoms with van der Waals surface area (Å²) in [6.45, 7) is 3.86. The topological polar surface area (TPSA) is 49.3 Å². The fraction of sp³-hybridized carbons (Fsp3) is 0.417. The minimum Gasteiger partial charge on any atom is -0.396 e. The smallest absolute Gasteiger partial charge is 0.252 e. The lowest BCUT2D eigenvalue weighted by molar-refractivity contribution is 0.0915. The van der Waals surface area contributed by atoms with Gasteiger partial charge in [-0.1, -0.05) is 22.9 Å². The quantitative estimate of drug-likeness (QED) is 0.748. The van der Waals surface area contributed by atoms with Gasteiger partial charge in [-0.15, -0.1) is 0 Å². The second-order valence-corrected chi connectivity index (χ2v) is 6.12. The third-order valence-electron chi connectivity index (χ3n) is 2.67. The zero-order valence-corrected chi connectivity index (χ0v) is 13.4. The van der Waals surface area contributed by atoms with Gasteiger partial charge in [-0.2, -0.15) is 0 Å². The molecular formula is C12H15BrINO2. The standard InChI is InChI=1S/C12H15BrINO2/c1-7(6-16)8(2)15-12(17)10-5-9(13)3-4-11(10)14/h3-5,7-8,16H,6H2,1-2H3,(H,15,17). The van der Waals surface area contributed by atoms with E-state index < -0.39 is 0 Å². The Morgan fingerprint density at radius 2 is 2.18 bits per heavy atom. The Bertz CT molecular complexity index is 411. The molecule has 5 heteroatoms. The molecule has 1 rings (SSSR count). The van der Waals surface area contributed by atoms with E-state index in [2.05, 4.69) is 43.8 Å². The van der Waals surface area contributed by atoms with Gasteiger partial charge in [0, 0.05) is 20.7 Å². The van der Waals surface area contributed by atoms with E-state index in [1.807, 2.05) is 26.0 Å². The molecular weight excluding hydrogens is 397 g/mol. The summed E-state index contributed by atoms with van der Waals surface area (Å²) >= 11 is 5.48. The van der Waals surface area contributed by atoms with Gasteiger partial charge in [0.1, 0.15) is 0 Å². The summed E-state index contributed by atoms with van der Waals surface area (Å²) in [5.74, 6) is -0.0627. The maximum Gasteiger partial charge on any atom is 0.252 e. The summed E-state index contributed by atoms with van der Waals surface area (Å²) in [4.78, 5) is 12.0. The first-order valence-electron chi connectivity index (χ1n) is 5.32. The summed E-state index contributed by atoms with van der Waals surface area (Å²) < 4.78 is 1.79. The van der Waals surface area contributed by atoms with Gasteiger partial charge in [0.05, 0.1) is 5.56 Å². The maximum atomic E-state index is 12.0. The van der Waals surface area contributed by atoms with Crippen molar-refractivity contribution < 1.29 is 9.90 Å². The third-order valence-corrected chi connectivity index (χ3v) is 4.11. The molecule has 94 valence electrons. The average Bonchev–Trinajstić information content (AvgIpc) is 2.30. The highest BCUT2D eigenvalue weighted by Crippen LogP contribution is 2.18. The molecule has 2 unspecified atom stereocenters. The number of hydrogen-bond acceptors (Lipinski definition) is 2. The molecule has 0 aliphatic rings. The highest BCUT2D eigenvalue weighted by atomic mass is 127. The molecule has 1 amide bonds. The number of aliphatic hydroxyl groups excluding tert-OH is 1. The molecule has 0 bridgehead atoms. The van der Waals surface area contributed by atoms with Gasteiger partial charge in [0.15, 0.2) is 0 Å². The molecule has 1 aromatic rings. The molecule has 0 spiro atoms. The molecule has 0 radical (unpaired) electrons. The molecule has 0 fully saturated rings. The summed E-state index contributed by atoms with van der Waals surface area (Å²) in [6.07, 6.45) is 0. The van der Waals surface area contributed by atoms with Gasteiger partial charge in [-0.3, -0.25) is 4.79 Å². The Morgan fingerprint density at radius 1 is 1.53 bits per heavy atom. The van der Waals surface area contributed by atoms with Crippen LogP contribution in [0.3, 0.4) is 0 Å². The van der Waals surface area contributed by atoms with E-state index in [9.17, 15) is 4.79 Å². The van der Waals surface area contributed by atoms with Gasteiger partial charge in [0.2, 0.25) is 0 Å². The molecule has 2 N–H and O–H groups in total. The van der Waals surface area contributed by atoms with Crippen LogP contribution in [0.15, 0.2) is 22.7 Å². The van der Waals surface area contributed by atoms with Crippen LogP contribution >= 0.6 is 38.5 Å². The highest BCUT2D eigenvalue weighted by molar-refractivity contribution is 14.1. The number of halogens is 2. The predicted octanol–water partition coefficient (Wildman–Crippen LogP) is 2.80. The second-order valence-electron chi connectivity index (χ2n) is 4.05. The Kier molecular flexibility index (Phi) is 5.88. The third kappa shape index (κ3) is 4.22. The van der Waals surface area contributed by atoms with Crippen LogP contribution < -0.4 is 5.32 Å². The first kappa shape index (κ1) is 14.9. The van der Waals surface area contributed by atoms with E-state index in [4.69, 9.17) is 5.11 Å². The monoisotopic (exact) mass is 411 g/mol. The van der Waals surface area contributed by atoms with Gasteiger partial charge >= 0.3 is 0 Å². The number of nitrogens with one attached hydrogen (secondary N) is 1. The van der Waals surface area contributed by atoms with Crippen LogP contribution in [0, 0.1) is 9.49 Å². The largest absolute Gasteiger partial charge is 0.396 e. The van der Waals surface area contributed by atoms with E-state index in [1.165, 1.54) is 0 Å². The van der Waals surface area contributed by atoms with E-state index in [0.29, 0.717) is 5.56 Å². The van der Waals surface area contributed by atoms with Crippen LogP contribution in [0.5, 0.6) is 0 Å².